The summed E-state index contributed by atoms with van der Waals surface area (Å²) in [5, 5.41) is 0. The lowest BCUT2D eigenvalue weighted by Gasteiger charge is -2.34. The average molecular weight is 510 g/mol. The summed E-state index contributed by atoms with van der Waals surface area (Å²) in [6, 6.07) is 9.73. The monoisotopic (exact) mass is 509 g/mol. The molecule has 2 fully saturated rings. The number of amides is 1. The van der Waals surface area contributed by atoms with Crippen molar-refractivity contribution in [1.29, 1.82) is 0 Å². The fourth-order valence-corrected chi connectivity index (χ4v) is 5.41. The normalized spacial score (nSPS) is 18.3. The molecule has 0 aliphatic carbocycles. The number of piperazine rings is 1. The zero-order valence-corrected chi connectivity index (χ0v) is 21.0. The maximum atomic E-state index is 13.6. The number of hydrogen-bond acceptors (Lipinski definition) is 7. The lowest BCUT2D eigenvalue weighted by molar-refractivity contribution is -0.122. The van der Waals surface area contributed by atoms with Crippen molar-refractivity contribution >= 4 is 51.7 Å². The van der Waals surface area contributed by atoms with Crippen LogP contribution in [-0.2, 0) is 11.3 Å². The van der Waals surface area contributed by atoms with Crippen LogP contribution in [0.1, 0.15) is 16.7 Å². The van der Waals surface area contributed by atoms with Crippen molar-refractivity contribution < 1.29 is 9.18 Å². The van der Waals surface area contributed by atoms with Gasteiger partial charge in [-0.3, -0.25) is 18.9 Å². The van der Waals surface area contributed by atoms with Crippen molar-refractivity contribution in [3.8, 4) is 0 Å². The first-order valence-corrected chi connectivity index (χ1v) is 12.5. The van der Waals surface area contributed by atoms with Crippen LogP contribution < -0.4 is 10.5 Å². The number of halogens is 1. The van der Waals surface area contributed by atoms with Gasteiger partial charge in [-0.15, -0.1) is 0 Å². The second-order valence-electron chi connectivity index (χ2n) is 8.77. The smallest absolute Gasteiger partial charge is 0.267 e. The van der Waals surface area contributed by atoms with Gasteiger partial charge in [0.1, 0.15) is 21.6 Å². The Morgan fingerprint density at radius 2 is 1.80 bits per heavy atom. The van der Waals surface area contributed by atoms with E-state index in [1.54, 1.807) is 24.4 Å². The van der Waals surface area contributed by atoms with E-state index in [9.17, 15) is 14.0 Å². The third kappa shape index (κ3) is 4.73. The molecule has 4 heterocycles. The Kier molecular flexibility index (Phi) is 6.43. The molecule has 0 radical (unpaired) electrons. The van der Waals surface area contributed by atoms with Crippen LogP contribution in [0.5, 0.6) is 0 Å². The maximum absolute atomic E-state index is 13.6. The van der Waals surface area contributed by atoms with E-state index in [0.29, 0.717) is 26.3 Å². The van der Waals surface area contributed by atoms with Gasteiger partial charge >= 0.3 is 0 Å². The number of anilines is 1. The predicted molar refractivity (Wildman–Crippen MR) is 141 cm³/mol. The van der Waals surface area contributed by atoms with E-state index in [-0.39, 0.29) is 23.8 Å². The Morgan fingerprint density at radius 1 is 1.09 bits per heavy atom. The molecule has 0 saturated carbocycles. The number of aromatic nitrogens is 2. The van der Waals surface area contributed by atoms with E-state index in [4.69, 9.17) is 17.2 Å². The fraction of sp³-hybridized carbons (Fsp3) is 0.280. The molecule has 1 amide bonds. The molecular formula is C25H24FN5O2S2. The van der Waals surface area contributed by atoms with Gasteiger partial charge in [0, 0.05) is 32.4 Å². The van der Waals surface area contributed by atoms with Crippen LogP contribution in [-0.4, -0.2) is 62.6 Å². The highest BCUT2D eigenvalue weighted by molar-refractivity contribution is 8.26. The number of likely N-dealkylation sites (N-methyl/N-ethyl adjacent to an activating group) is 1. The van der Waals surface area contributed by atoms with Crippen LogP contribution in [0.4, 0.5) is 10.2 Å². The third-order valence-corrected chi connectivity index (χ3v) is 7.57. The molecule has 35 heavy (non-hydrogen) atoms. The summed E-state index contributed by atoms with van der Waals surface area (Å²) < 4.78 is 15.2. The maximum Gasteiger partial charge on any atom is 0.267 e. The molecular weight excluding hydrogens is 485 g/mol. The lowest BCUT2D eigenvalue weighted by Crippen LogP contribution is -2.45. The highest BCUT2D eigenvalue weighted by Crippen LogP contribution is 2.34. The van der Waals surface area contributed by atoms with Gasteiger partial charge in [0.05, 0.1) is 17.0 Å². The highest BCUT2D eigenvalue weighted by Gasteiger charge is 2.33. The summed E-state index contributed by atoms with van der Waals surface area (Å²) in [6.07, 6.45) is 3.39. The Hall–Kier alpha value is -3.08. The molecule has 3 aromatic rings. The largest absolute Gasteiger partial charge is 0.353 e. The number of aryl methyl sites for hydroxylation is 1. The van der Waals surface area contributed by atoms with Crippen LogP contribution in [0.25, 0.3) is 11.7 Å². The predicted octanol–water partition coefficient (Wildman–Crippen LogP) is 3.30. The SMILES string of the molecule is Cc1ccc2nc(N3CCN(C)CC3)c(C=C3SC(=S)N(Cc4ccc(F)cc4)C3=O)c(=O)n2c1. The zero-order chi connectivity index (χ0) is 24.7. The molecule has 2 aromatic heterocycles. The zero-order valence-electron chi connectivity index (χ0n) is 19.4. The van der Waals surface area contributed by atoms with Crippen LogP contribution in [0.3, 0.4) is 0 Å². The quantitative estimate of drug-likeness (QED) is 0.395. The third-order valence-electron chi connectivity index (χ3n) is 6.19. The summed E-state index contributed by atoms with van der Waals surface area (Å²) in [5.41, 5.74) is 2.42. The van der Waals surface area contributed by atoms with Crippen molar-refractivity contribution in [1.82, 2.24) is 19.2 Å². The molecule has 1 aromatic carbocycles. The number of thioether (sulfide) groups is 1. The minimum Gasteiger partial charge on any atom is -0.353 e. The van der Waals surface area contributed by atoms with E-state index in [1.165, 1.54) is 21.4 Å². The van der Waals surface area contributed by atoms with Gasteiger partial charge in [-0.25, -0.2) is 9.37 Å². The van der Waals surface area contributed by atoms with Crippen molar-refractivity contribution in [2.45, 2.75) is 13.5 Å². The first-order chi connectivity index (χ1) is 16.8. The summed E-state index contributed by atoms with van der Waals surface area (Å²) in [7, 11) is 2.07. The average Bonchev–Trinajstić information content (AvgIpc) is 3.10. The van der Waals surface area contributed by atoms with Crippen LogP contribution >= 0.6 is 24.0 Å². The van der Waals surface area contributed by atoms with Gasteiger partial charge in [-0.1, -0.05) is 42.2 Å². The van der Waals surface area contributed by atoms with Crippen molar-refractivity contribution in [3.63, 3.8) is 0 Å². The summed E-state index contributed by atoms with van der Waals surface area (Å²) >= 11 is 6.64. The Bertz CT molecular complexity index is 1410. The number of thiocarbonyl (C=S) groups is 1. The number of rotatable bonds is 4. The molecule has 10 heteroatoms. The molecule has 2 saturated heterocycles. The van der Waals surface area contributed by atoms with Crippen LogP contribution in [0.2, 0.25) is 0 Å². The fourth-order valence-electron chi connectivity index (χ4n) is 4.17. The molecule has 2 aliphatic heterocycles. The van der Waals surface area contributed by atoms with Gasteiger partial charge in [0.25, 0.3) is 11.5 Å². The second kappa shape index (κ2) is 9.52. The minimum absolute atomic E-state index is 0.226. The van der Waals surface area contributed by atoms with Crippen LogP contribution in [0.15, 0.2) is 52.3 Å². The van der Waals surface area contributed by atoms with Gasteiger partial charge in [-0.05, 0) is 49.4 Å². The van der Waals surface area contributed by atoms with E-state index in [2.05, 4.69) is 16.8 Å². The van der Waals surface area contributed by atoms with Gasteiger partial charge < -0.3 is 9.80 Å². The molecule has 180 valence electrons. The van der Waals surface area contributed by atoms with Gasteiger partial charge in [-0.2, -0.15) is 0 Å². The number of nitrogens with zero attached hydrogens (tertiary/aromatic N) is 5. The Balaban J connectivity index is 1.55. The minimum atomic E-state index is -0.338. The first-order valence-electron chi connectivity index (χ1n) is 11.3. The van der Waals surface area contributed by atoms with Gasteiger partial charge in [0.15, 0.2) is 0 Å². The van der Waals surface area contributed by atoms with Crippen molar-refractivity contribution in [2.24, 2.45) is 0 Å². The highest BCUT2D eigenvalue weighted by atomic mass is 32.2. The first kappa shape index (κ1) is 23.7. The second-order valence-corrected chi connectivity index (χ2v) is 10.4. The van der Waals surface area contributed by atoms with Crippen molar-refractivity contribution in [2.75, 3.05) is 38.1 Å². The number of carbonyl (C=O) groups excluding carboxylic acids is 1. The number of benzene rings is 1. The Morgan fingerprint density at radius 3 is 2.51 bits per heavy atom. The summed E-state index contributed by atoms with van der Waals surface area (Å²) in [4.78, 5) is 37.9. The van der Waals surface area contributed by atoms with Crippen LogP contribution in [0, 0.1) is 12.7 Å². The van der Waals surface area contributed by atoms with E-state index in [1.807, 2.05) is 19.1 Å². The van der Waals surface area contributed by atoms with E-state index < -0.39 is 0 Å². The molecule has 2 aliphatic rings. The molecule has 0 unspecified atom stereocenters. The summed E-state index contributed by atoms with van der Waals surface area (Å²) in [5.74, 6) is -0.0341. The molecule has 5 rings (SSSR count). The summed E-state index contributed by atoms with van der Waals surface area (Å²) in [6.45, 7) is 5.33. The van der Waals surface area contributed by atoms with Crippen molar-refractivity contribution in [3.05, 3.63) is 80.4 Å². The molecule has 7 nitrogen and oxygen atoms in total. The standard InChI is InChI=1S/C25H24FN5O2S2/c1-16-3-8-21-27-22(29-11-9-28(2)10-12-29)19(23(32)30(21)14-16)13-20-24(33)31(25(34)35-20)15-17-4-6-18(26)7-5-17/h3-8,13-14H,9-12,15H2,1-2H3. The topological polar surface area (TPSA) is 61.2 Å². The van der Waals surface area contributed by atoms with Gasteiger partial charge in [0.2, 0.25) is 0 Å². The molecule has 0 bridgehead atoms. The van der Waals surface area contributed by atoms with E-state index in [0.717, 1.165) is 49.1 Å². The number of hydrogen-bond donors (Lipinski definition) is 0. The number of fused-ring (bicyclic) bond motifs is 1. The molecule has 0 N–H and O–H groups in total. The van der Waals surface area contributed by atoms with E-state index >= 15 is 0 Å². The Labute approximate surface area is 211 Å². The number of pyridine rings is 1. The molecule has 0 atom stereocenters. The lowest BCUT2D eigenvalue weighted by atomic mass is 10.2. The number of carbonyl (C=O) groups is 1. The molecule has 0 spiro atoms.